The Labute approximate surface area is 214 Å². The van der Waals surface area contributed by atoms with Gasteiger partial charge in [0.15, 0.2) is 5.76 Å². The fourth-order valence-electron chi connectivity index (χ4n) is 5.75. The van der Waals surface area contributed by atoms with Crippen molar-refractivity contribution in [1.82, 2.24) is 4.90 Å². The van der Waals surface area contributed by atoms with E-state index in [0.29, 0.717) is 44.0 Å². The van der Waals surface area contributed by atoms with Gasteiger partial charge in [0.05, 0.1) is 5.69 Å². The first-order chi connectivity index (χ1) is 17.0. The molecule has 0 saturated carbocycles. The fraction of sp³-hybridized carbons (Fsp3) is 0.452. The van der Waals surface area contributed by atoms with E-state index in [-0.39, 0.29) is 22.6 Å². The minimum atomic E-state index is -0.225. The third kappa shape index (κ3) is 4.56. The molecule has 36 heavy (non-hydrogen) atoms. The number of hydrogen-bond acceptors (Lipinski definition) is 3. The summed E-state index contributed by atoms with van der Waals surface area (Å²) in [7, 11) is 0. The molecule has 1 fully saturated rings. The van der Waals surface area contributed by atoms with Gasteiger partial charge in [-0.2, -0.15) is 0 Å². The lowest BCUT2D eigenvalue weighted by molar-refractivity contribution is 0.0713. The molecule has 190 valence electrons. The van der Waals surface area contributed by atoms with Crippen molar-refractivity contribution in [3.63, 3.8) is 0 Å². The highest BCUT2D eigenvalue weighted by Crippen LogP contribution is 2.46. The van der Waals surface area contributed by atoms with E-state index in [1.807, 2.05) is 17.0 Å². The van der Waals surface area contributed by atoms with Gasteiger partial charge in [0.2, 0.25) is 0 Å². The summed E-state index contributed by atoms with van der Waals surface area (Å²) in [5.41, 5.74) is 6.37. The zero-order chi connectivity index (χ0) is 25.7. The van der Waals surface area contributed by atoms with Crippen LogP contribution in [0, 0.1) is 12.7 Å². The van der Waals surface area contributed by atoms with Gasteiger partial charge in [-0.3, -0.25) is 4.79 Å². The van der Waals surface area contributed by atoms with Gasteiger partial charge in [0.1, 0.15) is 11.6 Å². The molecule has 1 aromatic heterocycles. The molecule has 3 aromatic rings. The molecular formula is C31H37FN2O2. The highest BCUT2D eigenvalue weighted by molar-refractivity contribution is 5.91. The summed E-state index contributed by atoms with van der Waals surface area (Å²) in [4.78, 5) is 16.9. The van der Waals surface area contributed by atoms with Crippen LogP contribution in [0.5, 0.6) is 0 Å². The smallest absolute Gasteiger partial charge is 0.289 e. The maximum absolute atomic E-state index is 14.1. The summed E-state index contributed by atoms with van der Waals surface area (Å²) in [6.07, 6.45) is 3.05. The van der Waals surface area contributed by atoms with E-state index in [9.17, 15) is 9.18 Å². The van der Waals surface area contributed by atoms with Crippen LogP contribution in [0.25, 0.3) is 0 Å². The van der Waals surface area contributed by atoms with E-state index in [2.05, 4.69) is 46.8 Å². The SMILES string of the molecule is Cc1cc2c(cc1Cc1ccc(C(=O)N3CCN(c4ccccc4F)CC3)o1)C(C)(C)CCC2(C)C. The fourth-order valence-corrected chi connectivity index (χ4v) is 5.75. The summed E-state index contributed by atoms with van der Waals surface area (Å²) in [5.74, 6) is 0.859. The Balaban J connectivity index is 1.29. The van der Waals surface area contributed by atoms with Gasteiger partial charge in [-0.05, 0) is 77.1 Å². The van der Waals surface area contributed by atoms with Crippen LogP contribution in [0.2, 0.25) is 0 Å². The summed E-state index contributed by atoms with van der Waals surface area (Å²) < 4.78 is 20.2. The van der Waals surface area contributed by atoms with Gasteiger partial charge in [0.25, 0.3) is 5.91 Å². The van der Waals surface area contributed by atoms with Crippen LogP contribution in [0.1, 0.15) is 79.1 Å². The highest BCUT2D eigenvalue weighted by Gasteiger charge is 2.37. The van der Waals surface area contributed by atoms with Crippen molar-refractivity contribution < 1.29 is 13.6 Å². The number of hydrogen-bond donors (Lipinski definition) is 0. The Hall–Kier alpha value is -3.08. The average Bonchev–Trinajstić information content (AvgIpc) is 3.32. The number of anilines is 1. The predicted octanol–water partition coefficient (Wildman–Crippen LogP) is 6.63. The Kier molecular flexibility index (Phi) is 6.22. The van der Waals surface area contributed by atoms with Crippen LogP contribution in [-0.4, -0.2) is 37.0 Å². The number of para-hydroxylation sites is 1. The third-order valence-electron chi connectivity index (χ3n) is 8.31. The summed E-state index contributed by atoms with van der Waals surface area (Å²) in [6, 6.07) is 15.3. The van der Waals surface area contributed by atoms with E-state index in [1.165, 1.54) is 41.2 Å². The number of nitrogens with zero attached hydrogens (tertiary/aromatic N) is 2. The predicted molar refractivity (Wildman–Crippen MR) is 142 cm³/mol. The second kappa shape index (κ2) is 9.10. The number of furan rings is 1. The molecule has 0 atom stereocenters. The van der Waals surface area contributed by atoms with E-state index in [0.717, 1.165) is 5.76 Å². The molecule has 4 nitrogen and oxygen atoms in total. The minimum absolute atomic E-state index is 0.0977. The molecular weight excluding hydrogens is 451 g/mol. The number of benzene rings is 2. The molecule has 1 amide bonds. The molecule has 0 spiro atoms. The van der Waals surface area contributed by atoms with Gasteiger partial charge >= 0.3 is 0 Å². The summed E-state index contributed by atoms with van der Waals surface area (Å²) in [6.45, 7) is 13.8. The lowest BCUT2D eigenvalue weighted by Crippen LogP contribution is -2.49. The lowest BCUT2D eigenvalue weighted by atomic mass is 9.62. The van der Waals surface area contributed by atoms with Crippen molar-refractivity contribution in [2.75, 3.05) is 31.1 Å². The van der Waals surface area contributed by atoms with E-state index in [1.54, 1.807) is 23.1 Å². The Morgan fingerprint density at radius 2 is 1.56 bits per heavy atom. The van der Waals surface area contributed by atoms with Crippen molar-refractivity contribution in [2.24, 2.45) is 0 Å². The minimum Gasteiger partial charge on any atom is -0.456 e. The molecule has 0 radical (unpaired) electrons. The number of halogens is 1. The second-order valence-corrected chi connectivity index (χ2v) is 11.8. The van der Waals surface area contributed by atoms with E-state index in [4.69, 9.17) is 4.42 Å². The molecule has 0 bridgehead atoms. The Bertz CT molecular complexity index is 1280. The molecule has 1 saturated heterocycles. The normalized spacial score (nSPS) is 18.7. The van der Waals surface area contributed by atoms with Crippen molar-refractivity contribution in [2.45, 2.75) is 64.7 Å². The quantitative estimate of drug-likeness (QED) is 0.414. The molecule has 1 aliphatic heterocycles. The van der Waals surface area contributed by atoms with Crippen molar-refractivity contribution in [3.8, 4) is 0 Å². The average molecular weight is 489 g/mol. The number of piperazine rings is 1. The third-order valence-corrected chi connectivity index (χ3v) is 8.31. The number of fused-ring (bicyclic) bond motifs is 1. The van der Waals surface area contributed by atoms with E-state index < -0.39 is 0 Å². The zero-order valence-electron chi connectivity index (χ0n) is 22.2. The standard InChI is InChI=1S/C31H37FN2O2/c1-21-18-24-25(31(4,5)13-12-30(24,2)3)20-22(21)19-23-10-11-28(36-23)29(35)34-16-14-33(15-17-34)27-9-7-6-8-26(27)32/h6-11,18,20H,12-17,19H2,1-5H3. The van der Waals surface area contributed by atoms with Crippen LogP contribution in [0.4, 0.5) is 10.1 Å². The topological polar surface area (TPSA) is 36.7 Å². The lowest BCUT2D eigenvalue weighted by Gasteiger charge is -2.42. The molecule has 2 heterocycles. The molecule has 2 aromatic carbocycles. The van der Waals surface area contributed by atoms with Crippen molar-refractivity contribution >= 4 is 11.6 Å². The number of aryl methyl sites for hydroxylation is 1. The van der Waals surface area contributed by atoms with Gasteiger partial charge in [-0.1, -0.05) is 52.0 Å². The monoisotopic (exact) mass is 488 g/mol. The Morgan fingerprint density at radius 3 is 2.22 bits per heavy atom. The van der Waals surface area contributed by atoms with Crippen molar-refractivity contribution in [1.29, 1.82) is 0 Å². The van der Waals surface area contributed by atoms with Crippen LogP contribution in [0.3, 0.4) is 0 Å². The zero-order valence-corrected chi connectivity index (χ0v) is 22.2. The molecule has 1 aliphatic carbocycles. The summed E-state index contributed by atoms with van der Waals surface area (Å²) in [5, 5.41) is 0. The van der Waals surface area contributed by atoms with Crippen LogP contribution < -0.4 is 4.90 Å². The molecule has 5 heteroatoms. The Morgan fingerprint density at radius 1 is 0.917 bits per heavy atom. The van der Waals surface area contributed by atoms with Crippen LogP contribution in [-0.2, 0) is 17.3 Å². The number of carbonyl (C=O) groups is 1. The molecule has 2 aliphatic rings. The van der Waals surface area contributed by atoms with Gasteiger partial charge in [-0.15, -0.1) is 0 Å². The van der Waals surface area contributed by atoms with Gasteiger partial charge < -0.3 is 14.2 Å². The number of carbonyl (C=O) groups excluding carboxylic acids is 1. The largest absolute Gasteiger partial charge is 0.456 e. The maximum atomic E-state index is 14.1. The number of amides is 1. The summed E-state index contributed by atoms with van der Waals surface area (Å²) >= 11 is 0. The molecule has 5 rings (SSSR count). The van der Waals surface area contributed by atoms with Crippen LogP contribution >= 0.6 is 0 Å². The highest BCUT2D eigenvalue weighted by atomic mass is 19.1. The molecule has 0 N–H and O–H groups in total. The maximum Gasteiger partial charge on any atom is 0.289 e. The molecule has 0 unspecified atom stereocenters. The second-order valence-electron chi connectivity index (χ2n) is 11.8. The first-order valence-corrected chi connectivity index (χ1v) is 13.1. The van der Waals surface area contributed by atoms with Crippen LogP contribution in [0.15, 0.2) is 52.9 Å². The first-order valence-electron chi connectivity index (χ1n) is 13.1. The van der Waals surface area contributed by atoms with Gasteiger partial charge in [-0.25, -0.2) is 4.39 Å². The van der Waals surface area contributed by atoms with Crippen molar-refractivity contribution in [3.05, 3.63) is 88.1 Å². The first kappa shape index (κ1) is 24.6. The van der Waals surface area contributed by atoms with Gasteiger partial charge in [0, 0.05) is 32.6 Å². The number of rotatable bonds is 4. The van der Waals surface area contributed by atoms with E-state index >= 15 is 0 Å².